The van der Waals surface area contributed by atoms with E-state index in [0.29, 0.717) is 28.8 Å². The van der Waals surface area contributed by atoms with Crippen LogP contribution in [-0.2, 0) is 11.3 Å². The van der Waals surface area contributed by atoms with Gasteiger partial charge in [-0.25, -0.2) is 4.68 Å². The molecule has 0 saturated heterocycles. The molecule has 3 rings (SSSR count). The van der Waals surface area contributed by atoms with Gasteiger partial charge in [-0.15, -0.1) is 0 Å². The van der Waals surface area contributed by atoms with E-state index < -0.39 is 0 Å². The number of para-hydroxylation sites is 1. The lowest BCUT2D eigenvalue weighted by Gasteiger charge is -2.15. The van der Waals surface area contributed by atoms with Crippen LogP contribution in [0.4, 0.5) is 5.69 Å². The minimum atomic E-state index is -0.118. The van der Waals surface area contributed by atoms with Gasteiger partial charge in [0.05, 0.1) is 45.4 Å². The second-order valence-electron chi connectivity index (χ2n) is 6.86. The number of hydrogen-bond donors (Lipinski definition) is 2. The largest absolute Gasteiger partial charge is 0.326 e. The number of amides is 1. The minimum Gasteiger partial charge on any atom is -0.326 e. The van der Waals surface area contributed by atoms with Gasteiger partial charge in [-0.3, -0.25) is 4.79 Å². The highest BCUT2D eigenvalue weighted by Gasteiger charge is 2.19. The predicted molar refractivity (Wildman–Crippen MR) is 114 cm³/mol. The third kappa shape index (κ3) is 4.55. The van der Waals surface area contributed by atoms with Crippen molar-refractivity contribution < 1.29 is 9.69 Å². The van der Waals surface area contributed by atoms with Gasteiger partial charge in [0.15, 0.2) is 6.54 Å². The van der Waals surface area contributed by atoms with E-state index in [1.54, 1.807) is 18.2 Å². The molecule has 146 valence electrons. The average molecular weight is 418 g/mol. The van der Waals surface area contributed by atoms with Gasteiger partial charge in [0.1, 0.15) is 6.54 Å². The second kappa shape index (κ2) is 8.78. The third-order valence-corrected chi connectivity index (χ3v) is 5.43. The molecule has 0 aliphatic rings. The van der Waals surface area contributed by atoms with Gasteiger partial charge in [-0.1, -0.05) is 47.5 Å². The molecular formula is C21H23Cl2N4O+. The van der Waals surface area contributed by atoms with Gasteiger partial charge in [0, 0.05) is 0 Å². The lowest BCUT2D eigenvalue weighted by molar-refractivity contribution is -0.885. The van der Waals surface area contributed by atoms with E-state index in [1.165, 1.54) is 0 Å². The van der Waals surface area contributed by atoms with Crippen LogP contribution in [0.2, 0.25) is 10.0 Å². The molecule has 0 saturated carbocycles. The van der Waals surface area contributed by atoms with Gasteiger partial charge >= 0.3 is 0 Å². The Labute approximate surface area is 174 Å². The van der Waals surface area contributed by atoms with Crippen LogP contribution in [-0.4, -0.2) is 29.3 Å². The first-order valence-corrected chi connectivity index (χ1v) is 9.78. The van der Waals surface area contributed by atoms with Gasteiger partial charge in [0.25, 0.3) is 5.91 Å². The zero-order valence-electron chi connectivity index (χ0n) is 16.1. The first-order valence-electron chi connectivity index (χ1n) is 9.02. The molecule has 0 aliphatic heterocycles. The Morgan fingerprint density at radius 3 is 2.54 bits per heavy atom. The second-order valence-corrected chi connectivity index (χ2v) is 7.64. The van der Waals surface area contributed by atoms with Crippen molar-refractivity contribution >= 4 is 34.8 Å². The molecule has 28 heavy (non-hydrogen) atoms. The molecule has 1 aromatic heterocycles. The molecule has 0 aliphatic carbocycles. The molecule has 3 aromatic rings. The molecule has 0 fully saturated rings. The SMILES string of the molecule is Cc1nn(-c2ccccc2)c(C)c1C[NH+](C)CC(=O)Nc1cccc(Cl)c1Cl. The van der Waals surface area contributed by atoms with Gasteiger partial charge in [0.2, 0.25) is 0 Å². The number of benzene rings is 2. The van der Waals surface area contributed by atoms with Crippen molar-refractivity contribution in [2.45, 2.75) is 20.4 Å². The molecule has 5 nitrogen and oxygen atoms in total. The highest BCUT2D eigenvalue weighted by molar-refractivity contribution is 6.43. The Balaban J connectivity index is 1.68. The molecule has 2 aromatic carbocycles. The number of aromatic nitrogens is 2. The van der Waals surface area contributed by atoms with Crippen molar-refractivity contribution in [3.05, 3.63) is 75.5 Å². The lowest BCUT2D eigenvalue weighted by Crippen LogP contribution is -3.08. The zero-order valence-corrected chi connectivity index (χ0v) is 17.6. The number of halogens is 2. The Bertz CT molecular complexity index is 986. The Morgan fingerprint density at radius 1 is 1.11 bits per heavy atom. The van der Waals surface area contributed by atoms with E-state index in [1.807, 2.05) is 49.0 Å². The van der Waals surface area contributed by atoms with Crippen LogP contribution in [0.3, 0.4) is 0 Å². The van der Waals surface area contributed by atoms with Crippen LogP contribution in [0.5, 0.6) is 0 Å². The summed E-state index contributed by atoms with van der Waals surface area (Å²) in [5.74, 6) is -0.118. The fourth-order valence-corrected chi connectivity index (χ4v) is 3.53. The summed E-state index contributed by atoms with van der Waals surface area (Å²) >= 11 is 12.1. The molecule has 0 radical (unpaired) electrons. The van der Waals surface area contributed by atoms with Crippen LogP contribution in [0.25, 0.3) is 5.69 Å². The highest BCUT2D eigenvalue weighted by Crippen LogP contribution is 2.29. The quantitative estimate of drug-likeness (QED) is 0.645. The van der Waals surface area contributed by atoms with Crippen molar-refractivity contribution in [2.24, 2.45) is 0 Å². The Hall–Kier alpha value is -2.34. The maximum Gasteiger partial charge on any atom is 0.279 e. The fourth-order valence-electron chi connectivity index (χ4n) is 3.18. The summed E-state index contributed by atoms with van der Waals surface area (Å²) < 4.78 is 1.95. The Morgan fingerprint density at radius 2 is 1.82 bits per heavy atom. The molecule has 1 unspecified atom stereocenters. The van der Waals surface area contributed by atoms with E-state index >= 15 is 0 Å². The van der Waals surface area contributed by atoms with Crippen molar-refractivity contribution in [1.29, 1.82) is 0 Å². The first kappa shape index (κ1) is 20.4. The number of carbonyl (C=O) groups excluding carboxylic acids is 1. The summed E-state index contributed by atoms with van der Waals surface area (Å²) in [5, 5.41) is 8.27. The number of likely N-dealkylation sites (N-methyl/N-ethyl adjacent to an activating group) is 1. The van der Waals surface area contributed by atoms with Crippen molar-refractivity contribution in [1.82, 2.24) is 9.78 Å². The molecular weight excluding hydrogens is 395 g/mol. The highest BCUT2D eigenvalue weighted by atomic mass is 35.5. The van der Waals surface area contributed by atoms with Crippen molar-refractivity contribution in [2.75, 3.05) is 18.9 Å². The van der Waals surface area contributed by atoms with E-state index in [-0.39, 0.29) is 5.91 Å². The average Bonchev–Trinajstić information content (AvgIpc) is 2.94. The molecule has 0 bridgehead atoms. The van der Waals surface area contributed by atoms with Crippen LogP contribution in [0.1, 0.15) is 17.0 Å². The molecule has 1 atom stereocenters. The van der Waals surface area contributed by atoms with Gasteiger partial charge < -0.3 is 10.2 Å². The number of quaternary nitrogens is 1. The number of nitrogens with zero attached hydrogens (tertiary/aromatic N) is 2. The zero-order chi connectivity index (χ0) is 20.3. The minimum absolute atomic E-state index is 0.118. The third-order valence-electron chi connectivity index (χ3n) is 4.61. The number of carbonyl (C=O) groups is 1. The summed E-state index contributed by atoms with van der Waals surface area (Å²) in [5.41, 5.74) is 4.76. The van der Waals surface area contributed by atoms with Crippen LogP contribution >= 0.6 is 23.2 Å². The summed E-state index contributed by atoms with van der Waals surface area (Å²) in [4.78, 5) is 13.5. The number of hydrogen-bond acceptors (Lipinski definition) is 2. The number of anilines is 1. The van der Waals surface area contributed by atoms with Gasteiger partial charge in [-0.05, 0) is 38.1 Å². The van der Waals surface area contributed by atoms with Gasteiger partial charge in [-0.2, -0.15) is 5.10 Å². The fraction of sp³-hybridized carbons (Fsp3) is 0.238. The normalized spacial score (nSPS) is 12.0. The molecule has 1 amide bonds. The van der Waals surface area contributed by atoms with Crippen LogP contribution < -0.4 is 10.2 Å². The number of aryl methyl sites for hydroxylation is 1. The lowest BCUT2D eigenvalue weighted by atomic mass is 10.2. The van der Waals surface area contributed by atoms with E-state index in [2.05, 4.69) is 17.3 Å². The predicted octanol–water partition coefficient (Wildman–Crippen LogP) is 3.45. The van der Waals surface area contributed by atoms with Crippen LogP contribution in [0.15, 0.2) is 48.5 Å². The van der Waals surface area contributed by atoms with E-state index in [0.717, 1.165) is 27.5 Å². The topological polar surface area (TPSA) is 51.4 Å². The van der Waals surface area contributed by atoms with E-state index in [4.69, 9.17) is 23.2 Å². The van der Waals surface area contributed by atoms with Crippen LogP contribution in [0, 0.1) is 13.8 Å². The maximum absolute atomic E-state index is 12.4. The Kier molecular flexibility index (Phi) is 6.39. The monoisotopic (exact) mass is 417 g/mol. The number of nitrogens with one attached hydrogen (secondary N) is 2. The standard InChI is InChI=1S/C21H22Cl2N4O/c1-14-17(15(2)27(25-14)16-8-5-4-6-9-16)12-26(3)13-20(28)24-19-11-7-10-18(22)21(19)23/h4-11H,12-13H2,1-3H3,(H,24,28)/p+1. The van der Waals surface area contributed by atoms with Crippen molar-refractivity contribution in [3.8, 4) is 5.69 Å². The summed E-state index contributed by atoms with van der Waals surface area (Å²) in [6.45, 7) is 5.06. The summed E-state index contributed by atoms with van der Waals surface area (Å²) in [6.07, 6.45) is 0. The molecule has 7 heteroatoms. The van der Waals surface area contributed by atoms with E-state index in [9.17, 15) is 4.79 Å². The molecule has 2 N–H and O–H groups in total. The molecule has 1 heterocycles. The maximum atomic E-state index is 12.4. The number of rotatable bonds is 6. The smallest absolute Gasteiger partial charge is 0.279 e. The first-order chi connectivity index (χ1) is 13.4. The molecule has 0 spiro atoms. The van der Waals surface area contributed by atoms with Crippen molar-refractivity contribution in [3.63, 3.8) is 0 Å². The summed E-state index contributed by atoms with van der Waals surface area (Å²) in [7, 11) is 1.98. The summed E-state index contributed by atoms with van der Waals surface area (Å²) in [6, 6.07) is 15.2.